The van der Waals surface area contributed by atoms with Gasteiger partial charge >= 0.3 is 0 Å². The maximum Gasteiger partial charge on any atom is 0.0928 e. The summed E-state index contributed by atoms with van der Waals surface area (Å²) in [7, 11) is 0. The summed E-state index contributed by atoms with van der Waals surface area (Å²) in [5.41, 5.74) is 1.06. The predicted octanol–water partition coefficient (Wildman–Crippen LogP) is 2.86. The number of likely N-dealkylation sites (tertiary alicyclic amines) is 1. The second-order valence-corrected chi connectivity index (χ2v) is 6.69. The second kappa shape index (κ2) is 3.80. The number of rotatable bonds is 3. The molecule has 1 aromatic carbocycles. The van der Waals surface area contributed by atoms with Gasteiger partial charge in [0.1, 0.15) is 0 Å². The Morgan fingerprint density at radius 2 is 2.06 bits per heavy atom. The lowest BCUT2D eigenvalue weighted by atomic mass is 9.88. The van der Waals surface area contributed by atoms with E-state index in [9.17, 15) is 5.11 Å². The minimum atomic E-state index is -0.355. The molecule has 0 amide bonds. The minimum absolute atomic E-state index is 0.355. The van der Waals surface area contributed by atoms with Crippen LogP contribution in [-0.2, 0) is 6.54 Å². The highest BCUT2D eigenvalue weighted by molar-refractivity contribution is 7.17. The molecule has 1 aromatic heterocycles. The van der Waals surface area contributed by atoms with E-state index in [1.165, 1.54) is 28.5 Å². The molecule has 0 unspecified atom stereocenters. The van der Waals surface area contributed by atoms with Crippen LogP contribution >= 0.6 is 11.3 Å². The maximum atomic E-state index is 10.3. The number of hydrogen-bond acceptors (Lipinski definition) is 3. The van der Waals surface area contributed by atoms with Crippen LogP contribution in [-0.4, -0.2) is 28.7 Å². The van der Waals surface area contributed by atoms with Gasteiger partial charge in [0.15, 0.2) is 0 Å². The average Bonchev–Trinajstić information content (AvgIpc) is 3.11. The van der Waals surface area contributed by atoms with Gasteiger partial charge in [-0.05, 0) is 41.2 Å². The molecule has 1 N–H and O–H groups in total. The summed E-state index contributed by atoms with van der Waals surface area (Å²) in [6.07, 6.45) is 2.46. The third-order valence-electron chi connectivity index (χ3n) is 4.29. The molecule has 0 atom stereocenters. The SMILES string of the molecule is OC1(C2CC2)CN(Cc2csc3ccccc23)C1. The largest absolute Gasteiger partial charge is 0.387 e. The molecule has 94 valence electrons. The highest BCUT2D eigenvalue weighted by atomic mass is 32.1. The summed E-state index contributed by atoms with van der Waals surface area (Å²) in [5, 5.41) is 14.0. The molecule has 3 heteroatoms. The van der Waals surface area contributed by atoms with Crippen molar-refractivity contribution in [3.8, 4) is 0 Å². The summed E-state index contributed by atoms with van der Waals surface area (Å²) in [5.74, 6) is 0.591. The number of fused-ring (bicyclic) bond motifs is 1. The van der Waals surface area contributed by atoms with Crippen LogP contribution in [0.2, 0.25) is 0 Å². The molecule has 2 nitrogen and oxygen atoms in total. The van der Waals surface area contributed by atoms with E-state index in [1.807, 2.05) is 11.3 Å². The van der Waals surface area contributed by atoms with E-state index in [2.05, 4.69) is 34.5 Å². The fraction of sp³-hybridized carbons (Fsp3) is 0.467. The van der Waals surface area contributed by atoms with Crippen molar-refractivity contribution in [3.63, 3.8) is 0 Å². The van der Waals surface area contributed by atoms with Crippen LogP contribution in [0.3, 0.4) is 0 Å². The number of hydrogen-bond donors (Lipinski definition) is 1. The first kappa shape index (κ1) is 11.0. The van der Waals surface area contributed by atoms with E-state index < -0.39 is 0 Å². The Hall–Kier alpha value is -0.900. The molecule has 2 fully saturated rings. The van der Waals surface area contributed by atoms with E-state index >= 15 is 0 Å². The van der Waals surface area contributed by atoms with Gasteiger partial charge in [0.25, 0.3) is 0 Å². The Kier molecular flexibility index (Phi) is 2.31. The van der Waals surface area contributed by atoms with Gasteiger partial charge in [-0.15, -0.1) is 11.3 Å². The zero-order valence-electron chi connectivity index (χ0n) is 10.3. The molecular weight excluding hydrogens is 242 g/mol. The van der Waals surface area contributed by atoms with Gasteiger partial charge in [-0.25, -0.2) is 0 Å². The molecule has 0 spiro atoms. The van der Waals surface area contributed by atoms with Gasteiger partial charge in [0.05, 0.1) is 5.60 Å². The molecule has 1 aliphatic carbocycles. The van der Waals surface area contributed by atoms with Crippen LogP contribution in [0.15, 0.2) is 29.6 Å². The molecule has 0 bridgehead atoms. The van der Waals surface area contributed by atoms with E-state index in [4.69, 9.17) is 0 Å². The Balaban J connectivity index is 1.49. The zero-order chi connectivity index (χ0) is 12.2. The number of thiophene rings is 1. The van der Waals surface area contributed by atoms with Crippen molar-refractivity contribution in [3.05, 3.63) is 35.2 Å². The minimum Gasteiger partial charge on any atom is -0.387 e. The average molecular weight is 259 g/mol. The quantitative estimate of drug-likeness (QED) is 0.916. The first-order valence-corrected chi connectivity index (χ1v) is 7.52. The van der Waals surface area contributed by atoms with Crippen LogP contribution in [0.4, 0.5) is 0 Å². The fourth-order valence-electron chi connectivity index (χ4n) is 3.11. The van der Waals surface area contributed by atoms with E-state index in [0.29, 0.717) is 5.92 Å². The van der Waals surface area contributed by atoms with Crippen LogP contribution < -0.4 is 0 Å². The summed E-state index contributed by atoms with van der Waals surface area (Å²) in [6, 6.07) is 8.58. The van der Waals surface area contributed by atoms with Crippen molar-refractivity contribution in [1.82, 2.24) is 4.90 Å². The van der Waals surface area contributed by atoms with E-state index in [1.54, 1.807) is 0 Å². The molecule has 1 saturated heterocycles. The van der Waals surface area contributed by atoms with Crippen LogP contribution in [0.25, 0.3) is 10.1 Å². The molecule has 2 aromatic rings. The van der Waals surface area contributed by atoms with Gasteiger partial charge in [0, 0.05) is 24.3 Å². The molecule has 2 aliphatic rings. The summed E-state index contributed by atoms with van der Waals surface area (Å²) in [6.45, 7) is 2.71. The van der Waals surface area contributed by atoms with Crippen LogP contribution in [0, 0.1) is 5.92 Å². The Morgan fingerprint density at radius 1 is 1.28 bits per heavy atom. The predicted molar refractivity (Wildman–Crippen MR) is 74.8 cm³/mol. The number of aliphatic hydroxyl groups is 1. The van der Waals surface area contributed by atoms with Crippen LogP contribution in [0.5, 0.6) is 0 Å². The van der Waals surface area contributed by atoms with Crippen molar-refractivity contribution >= 4 is 21.4 Å². The summed E-state index contributed by atoms with van der Waals surface area (Å²) >= 11 is 1.82. The van der Waals surface area contributed by atoms with Gasteiger partial charge in [-0.3, -0.25) is 4.90 Å². The number of benzene rings is 1. The number of nitrogens with zero attached hydrogens (tertiary/aromatic N) is 1. The maximum absolute atomic E-state index is 10.3. The van der Waals surface area contributed by atoms with Crippen molar-refractivity contribution < 1.29 is 5.11 Å². The lowest BCUT2D eigenvalue weighted by molar-refractivity contribution is -0.116. The highest BCUT2D eigenvalue weighted by Crippen LogP contribution is 2.45. The van der Waals surface area contributed by atoms with Gasteiger partial charge in [0.2, 0.25) is 0 Å². The molecule has 1 aliphatic heterocycles. The first-order chi connectivity index (χ1) is 8.74. The standard InChI is InChI=1S/C15H17NOS/c17-15(12-5-6-12)9-16(10-15)7-11-8-18-14-4-2-1-3-13(11)14/h1-4,8,12,17H,5-7,9-10H2. The monoisotopic (exact) mass is 259 g/mol. The molecule has 18 heavy (non-hydrogen) atoms. The molecule has 1 saturated carbocycles. The normalized spacial score (nSPS) is 23.2. The lowest BCUT2D eigenvalue weighted by Crippen LogP contribution is -2.62. The topological polar surface area (TPSA) is 23.5 Å². The molecular formula is C15H17NOS. The van der Waals surface area contributed by atoms with Crippen LogP contribution in [0.1, 0.15) is 18.4 Å². The first-order valence-electron chi connectivity index (χ1n) is 6.64. The zero-order valence-corrected chi connectivity index (χ0v) is 11.1. The van der Waals surface area contributed by atoms with Crippen molar-refractivity contribution in [2.75, 3.05) is 13.1 Å². The third kappa shape index (κ3) is 1.69. The number of β-amino-alcohol motifs (C(OH)–C–C–N with tert-alkyl or cyclic N) is 1. The van der Waals surface area contributed by atoms with Gasteiger partial charge in [-0.1, -0.05) is 18.2 Å². The van der Waals surface area contributed by atoms with Crippen molar-refractivity contribution in [2.24, 2.45) is 5.92 Å². The summed E-state index contributed by atoms with van der Waals surface area (Å²) < 4.78 is 1.37. The van der Waals surface area contributed by atoms with Gasteiger partial charge < -0.3 is 5.11 Å². The van der Waals surface area contributed by atoms with E-state index in [-0.39, 0.29) is 5.60 Å². The highest BCUT2D eigenvalue weighted by Gasteiger charge is 2.51. The summed E-state index contributed by atoms with van der Waals surface area (Å²) in [4.78, 5) is 2.37. The fourth-order valence-corrected chi connectivity index (χ4v) is 4.07. The second-order valence-electron chi connectivity index (χ2n) is 5.78. The smallest absolute Gasteiger partial charge is 0.0928 e. The lowest BCUT2D eigenvalue weighted by Gasteiger charge is -2.47. The Bertz CT molecular complexity index is 581. The van der Waals surface area contributed by atoms with Crippen molar-refractivity contribution in [1.29, 1.82) is 0 Å². The van der Waals surface area contributed by atoms with E-state index in [0.717, 1.165) is 19.6 Å². The van der Waals surface area contributed by atoms with Gasteiger partial charge in [-0.2, -0.15) is 0 Å². The Labute approximate surface area is 111 Å². The Morgan fingerprint density at radius 3 is 2.83 bits per heavy atom. The molecule has 0 radical (unpaired) electrons. The van der Waals surface area contributed by atoms with Crippen molar-refractivity contribution in [2.45, 2.75) is 25.0 Å². The third-order valence-corrected chi connectivity index (χ3v) is 5.30. The molecule has 2 heterocycles. The molecule has 4 rings (SSSR count).